The summed E-state index contributed by atoms with van der Waals surface area (Å²) < 4.78 is 26.9. The van der Waals surface area contributed by atoms with Crippen LogP contribution < -0.4 is 4.72 Å². The smallest absolute Gasteiger partial charge is 0.216 e. The van der Waals surface area contributed by atoms with E-state index in [-0.39, 0.29) is 11.8 Å². The maximum absolute atomic E-state index is 12.1. The molecule has 6 heteroatoms. The lowest BCUT2D eigenvalue weighted by Crippen LogP contribution is -2.28. The monoisotopic (exact) mass is 310 g/mol. The first kappa shape index (κ1) is 15.0. The van der Waals surface area contributed by atoms with Crippen LogP contribution in [0.15, 0.2) is 48.8 Å². The molecule has 0 aliphatic heterocycles. The lowest BCUT2D eigenvalue weighted by molar-refractivity contribution is 0.565. The molecule has 1 unspecified atom stereocenters. The maximum Gasteiger partial charge on any atom is 0.216 e. The number of nitrogens with one attached hydrogen (secondary N) is 1. The summed E-state index contributed by atoms with van der Waals surface area (Å²) >= 11 is 5.98. The van der Waals surface area contributed by atoms with Crippen LogP contribution in [0.3, 0.4) is 0 Å². The second kappa shape index (κ2) is 6.35. The molecule has 2 aromatic rings. The predicted octanol–water partition coefficient (Wildman–Crippen LogP) is 2.92. The molecule has 1 N–H and O–H groups in total. The summed E-state index contributed by atoms with van der Waals surface area (Å²) in [6.07, 6.45) is 3.29. The summed E-state index contributed by atoms with van der Waals surface area (Å²) in [6, 6.07) is 10.2. The molecular formula is C14H15ClN2O2S. The topological polar surface area (TPSA) is 59.1 Å². The first-order valence-corrected chi connectivity index (χ1v) is 8.14. The molecule has 0 saturated carbocycles. The molecular weight excluding hydrogens is 296 g/mol. The quantitative estimate of drug-likeness (QED) is 0.923. The Hall–Kier alpha value is -1.43. The van der Waals surface area contributed by atoms with Gasteiger partial charge in [0.25, 0.3) is 0 Å². The van der Waals surface area contributed by atoms with E-state index in [0.29, 0.717) is 10.6 Å². The van der Waals surface area contributed by atoms with Gasteiger partial charge in [-0.2, -0.15) is 0 Å². The van der Waals surface area contributed by atoms with Crippen LogP contribution in [-0.4, -0.2) is 13.4 Å². The molecule has 0 amide bonds. The largest absolute Gasteiger partial charge is 0.264 e. The molecule has 1 heterocycles. The minimum absolute atomic E-state index is 0.142. The number of benzene rings is 1. The Labute approximate surface area is 123 Å². The second-order valence-corrected chi connectivity index (χ2v) is 6.64. The Morgan fingerprint density at radius 3 is 2.65 bits per heavy atom. The Morgan fingerprint density at radius 2 is 2.00 bits per heavy atom. The third-order valence-corrected chi connectivity index (χ3v) is 4.62. The van der Waals surface area contributed by atoms with E-state index in [1.807, 2.05) is 6.07 Å². The molecule has 1 aromatic carbocycles. The predicted molar refractivity (Wildman–Crippen MR) is 79.9 cm³/mol. The van der Waals surface area contributed by atoms with Gasteiger partial charge in [-0.25, -0.2) is 13.1 Å². The minimum atomic E-state index is -3.47. The fraction of sp³-hybridized carbons (Fsp3) is 0.214. The number of nitrogens with zero attached hydrogens (tertiary/aromatic N) is 1. The van der Waals surface area contributed by atoms with Crippen molar-refractivity contribution in [1.82, 2.24) is 9.71 Å². The summed E-state index contributed by atoms with van der Waals surface area (Å²) in [4.78, 5) is 3.98. The number of aromatic nitrogens is 1. The summed E-state index contributed by atoms with van der Waals surface area (Å²) in [5.41, 5.74) is 1.40. The van der Waals surface area contributed by atoms with Crippen LogP contribution >= 0.6 is 11.6 Å². The molecule has 0 aliphatic carbocycles. The van der Waals surface area contributed by atoms with Crippen molar-refractivity contribution in [2.75, 3.05) is 0 Å². The van der Waals surface area contributed by atoms with Gasteiger partial charge in [-0.15, -0.1) is 0 Å². The van der Waals surface area contributed by atoms with Gasteiger partial charge in [0.15, 0.2) is 0 Å². The van der Waals surface area contributed by atoms with E-state index < -0.39 is 10.0 Å². The van der Waals surface area contributed by atoms with Gasteiger partial charge in [0.1, 0.15) is 0 Å². The molecule has 0 aliphatic rings. The Balaban J connectivity index is 2.10. The van der Waals surface area contributed by atoms with Gasteiger partial charge in [-0.1, -0.05) is 35.9 Å². The minimum Gasteiger partial charge on any atom is -0.264 e. The van der Waals surface area contributed by atoms with E-state index in [1.54, 1.807) is 49.6 Å². The Bertz CT molecular complexity index is 675. The highest BCUT2D eigenvalue weighted by molar-refractivity contribution is 7.88. The standard InChI is InChI=1S/C14H15ClN2O2S/c1-11(12-6-4-8-16-9-12)17-20(18,19)10-13-5-2-3-7-14(13)15/h2-9,11,17H,10H2,1H3. The molecule has 0 fully saturated rings. The average Bonchev–Trinajstić information content (AvgIpc) is 2.41. The van der Waals surface area contributed by atoms with Crippen molar-refractivity contribution in [2.45, 2.75) is 18.7 Å². The molecule has 4 nitrogen and oxygen atoms in total. The third-order valence-electron chi connectivity index (χ3n) is 2.84. The number of hydrogen-bond donors (Lipinski definition) is 1. The normalized spacial score (nSPS) is 13.1. The van der Waals surface area contributed by atoms with Crippen LogP contribution in [0.4, 0.5) is 0 Å². The van der Waals surface area contributed by atoms with Gasteiger partial charge >= 0.3 is 0 Å². The van der Waals surface area contributed by atoms with E-state index in [4.69, 9.17) is 11.6 Å². The van der Waals surface area contributed by atoms with Crippen LogP contribution in [0.2, 0.25) is 5.02 Å². The van der Waals surface area contributed by atoms with Crippen molar-refractivity contribution in [1.29, 1.82) is 0 Å². The molecule has 20 heavy (non-hydrogen) atoms. The summed E-state index contributed by atoms with van der Waals surface area (Å²) in [7, 11) is -3.47. The average molecular weight is 311 g/mol. The summed E-state index contributed by atoms with van der Waals surface area (Å²) in [5, 5.41) is 0.451. The summed E-state index contributed by atoms with van der Waals surface area (Å²) in [5.74, 6) is -0.142. The maximum atomic E-state index is 12.1. The molecule has 0 spiro atoms. The first-order chi connectivity index (χ1) is 9.48. The molecule has 106 valence electrons. The number of pyridine rings is 1. The molecule has 2 rings (SSSR count). The molecule has 1 atom stereocenters. The highest BCUT2D eigenvalue weighted by Crippen LogP contribution is 2.19. The van der Waals surface area contributed by atoms with Gasteiger partial charge in [0.2, 0.25) is 10.0 Å². The van der Waals surface area contributed by atoms with E-state index >= 15 is 0 Å². The van der Waals surface area contributed by atoms with Crippen molar-refractivity contribution in [3.8, 4) is 0 Å². The van der Waals surface area contributed by atoms with E-state index in [9.17, 15) is 8.42 Å². The van der Waals surface area contributed by atoms with Crippen LogP contribution in [0.5, 0.6) is 0 Å². The van der Waals surface area contributed by atoms with Crippen LogP contribution in [0.1, 0.15) is 24.1 Å². The van der Waals surface area contributed by atoms with Crippen molar-refractivity contribution in [3.05, 3.63) is 64.9 Å². The van der Waals surface area contributed by atoms with Crippen molar-refractivity contribution < 1.29 is 8.42 Å². The van der Waals surface area contributed by atoms with Crippen LogP contribution in [0, 0.1) is 0 Å². The lowest BCUT2D eigenvalue weighted by Gasteiger charge is -2.14. The van der Waals surface area contributed by atoms with Gasteiger partial charge in [0, 0.05) is 23.5 Å². The van der Waals surface area contributed by atoms with Crippen LogP contribution in [0.25, 0.3) is 0 Å². The fourth-order valence-electron chi connectivity index (χ4n) is 1.83. The number of rotatable bonds is 5. The fourth-order valence-corrected chi connectivity index (χ4v) is 3.53. The van der Waals surface area contributed by atoms with Crippen LogP contribution in [-0.2, 0) is 15.8 Å². The van der Waals surface area contributed by atoms with Crippen molar-refractivity contribution in [2.24, 2.45) is 0 Å². The molecule has 0 radical (unpaired) electrons. The zero-order valence-electron chi connectivity index (χ0n) is 11.0. The van der Waals surface area contributed by atoms with E-state index in [1.165, 1.54) is 0 Å². The summed E-state index contributed by atoms with van der Waals surface area (Å²) in [6.45, 7) is 1.78. The first-order valence-electron chi connectivity index (χ1n) is 6.11. The number of sulfonamides is 1. The van der Waals surface area contributed by atoms with E-state index in [2.05, 4.69) is 9.71 Å². The SMILES string of the molecule is CC(NS(=O)(=O)Cc1ccccc1Cl)c1cccnc1. The zero-order valence-corrected chi connectivity index (χ0v) is 12.5. The Kier molecular flexibility index (Phi) is 4.75. The number of halogens is 1. The highest BCUT2D eigenvalue weighted by atomic mass is 35.5. The van der Waals surface area contributed by atoms with Gasteiger partial charge in [-0.3, -0.25) is 4.98 Å². The lowest BCUT2D eigenvalue weighted by atomic mass is 10.2. The molecule has 0 saturated heterocycles. The second-order valence-electron chi connectivity index (χ2n) is 4.48. The van der Waals surface area contributed by atoms with Gasteiger partial charge in [0.05, 0.1) is 5.75 Å². The van der Waals surface area contributed by atoms with Gasteiger partial charge < -0.3 is 0 Å². The Morgan fingerprint density at radius 1 is 1.25 bits per heavy atom. The number of hydrogen-bond acceptors (Lipinski definition) is 3. The third kappa shape index (κ3) is 4.03. The highest BCUT2D eigenvalue weighted by Gasteiger charge is 2.17. The van der Waals surface area contributed by atoms with E-state index in [0.717, 1.165) is 5.56 Å². The zero-order chi connectivity index (χ0) is 14.6. The molecule has 0 bridgehead atoms. The van der Waals surface area contributed by atoms with Crippen molar-refractivity contribution >= 4 is 21.6 Å². The van der Waals surface area contributed by atoms with Crippen molar-refractivity contribution in [3.63, 3.8) is 0 Å². The van der Waals surface area contributed by atoms with Gasteiger partial charge in [-0.05, 0) is 30.2 Å². The molecule has 1 aromatic heterocycles.